The summed E-state index contributed by atoms with van der Waals surface area (Å²) in [4.78, 5) is 18.4. The minimum absolute atomic E-state index is 0.204. The van der Waals surface area contributed by atoms with Crippen molar-refractivity contribution in [2.45, 2.75) is 37.5 Å². The van der Waals surface area contributed by atoms with Crippen molar-refractivity contribution in [2.24, 2.45) is 0 Å². The van der Waals surface area contributed by atoms with Crippen molar-refractivity contribution in [1.82, 2.24) is 19.0 Å². The fraction of sp³-hybridized carbons (Fsp3) is 0.350. The molecule has 1 aliphatic heterocycles. The van der Waals surface area contributed by atoms with E-state index < -0.39 is 10.0 Å². The summed E-state index contributed by atoms with van der Waals surface area (Å²) >= 11 is 6.91. The molecule has 1 amide bonds. The van der Waals surface area contributed by atoms with Crippen molar-refractivity contribution in [2.75, 3.05) is 13.1 Å². The lowest BCUT2D eigenvalue weighted by molar-refractivity contribution is 0.0977. The monoisotopic (exact) mass is 462 g/mol. The summed E-state index contributed by atoms with van der Waals surface area (Å²) in [5, 5.41) is 4.63. The first-order valence-electron chi connectivity index (χ1n) is 9.76. The van der Waals surface area contributed by atoms with Gasteiger partial charge in [-0.3, -0.25) is 9.20 Å². The Bertz CT molecular complexity index is 1190. The van der Waals surface area contributed by atoms with Crippen molar-refractivity contribution in [3.05, 3.63) is 52.8 Å². The lowest BCUT2D eigenvalue weighted by Crippen LogP contribution is -2.32. The highest BCUT2D eigenvalue weighted by Crippen LogP contribution is 2.21. The lowest BCUT2D eigenvalue weighted by Gasteiger charge is -2.20. The predicted molar refractivity (Wildman–Crippen MR) is 121 cm³/mol. The molecule has 1 saturated heterocycles. The zero-order valence-corrected chi connectivity index (χ0v) is 18.9. The number of hydrogen-bond donors (Lipinski definition) is 1. The van der Waals surface area contributed by atoms with Crippen LogP contribution < -0.4 is 5.32 Å². The van der Waals surface area contributed by atoms with Crippen LogP contribution in [0.2, 0.25) is 0 Å². The molecule has 1 N–H and O–H groups in total. The molecule has 1 aromatic carbocycles. The van der Waals surface area contributed by atoms with E-state index in [-0.39, 0.29) is 15.8 Å². The number of hydrogen-bond acceptors (Lipinski definition) is 6. The average Bonchev–Trinajstić information content (AvgIpc) is 3.15. The highest BCUT2D eigenvalue weighted by molar-refractivity contribution is 7.89. The zero-order chi connectivity index (χ0) is 21.3. The molecule has 30 heavy (non-hydrogen) atoms. The molecule has 0 radical (unpaired) electrons. The van der Waals surface area contributed by atoms with Gasteiger partial charge in [0.25, 0.3) is 5.91 Å². The molecule has 1 aliphatic rings. The Morgan fingerprint density at radius 3 is 2.47 bits per heavy atom. The van der Waals surface area contributed by atoms with Gasteiger partial charge >= 0.3 is 0 Å². The van der Waals surface area contributed by atoms with Gasteiger partial charge in [0.2, 0.25) is 10.0 Å². The van der Waals surface area contributed by atoms with E-state index in [0.717, 1.165) is 36.3 Å². The largest absolute Gasteiger partial charge is 0.311 e. The Morgan fingerprint density at radius 1 is 1.13 bits per heavy atom. The number of imidazole rings is 1. The Morgan fingerprint density at radius 2 is 1.80 bits per heavy atom. The molecule has 2 aromatic heterocycles. The quantitative estimate of drug-likeness (QED) is 0.601. The first-order chi connectivity index (χ1) is 14.4. The van der Waals surface area contributed by atoms with Gasteiger partial charge in [-0.25, -0.2) is 13.4 Å². The van der Waals surface area contributed by atoms with Crippen LogP contribution in [-0.2, 0) is 10.0 Å². The average molecular weight is 463 g/mol. The Labute approximate surface area is 184 Å². The Balaban J connectivity index is 1.49. The number of nitrogens with one attached hydrogen (secondary N) is 1. The molecule has 158 valence electrons. The SMILES string of the molecule is Cc1nc2sccn2c1C(=S)NC(=O)c1ccc(S(=O)(=O)N2CCCCCC2)cc1. The molecule has 3 heterocycles. The molecule has 7 nitrogen and oxygen atoms in total. The third-order valence-corrected chi connectivity index (χ3v) is 8.16. The number of thiazole rings is 1. The van der Waals surface area contributed by atoms with Crippen molar-refractivity contribution < 1.29 is 13.2 Å². The first-order valence-corrected chi connectivity index (χ1v) is 12.5. The number of amides is 1. The molecular formula is C20H22N4O3S3. The number of aromatic nitrogens is 2. The Kier molecular flexibility index (Phi) is 6.01. The number of fused-ring (bicyclic) bond motifs is 1. The zero-order valence-electron chi connectivity index (χ0n) is 16.5. The number of rotatable bonds is 4. The van der Waals surface area contributed by atoms with Crippen molar-refractivity contribution in [3.8, 4) is 0 Å². The minimum Gasteiger partial charge on any atom is -0.311 e. The maximum atomic E-state index is 12.9. The van der Waals surface area contributed by atoms with Gasteiger partial charge in [0.15, 0.2) is 4.96 Å². The summed E-state index contributed by atoms with van der Waals surface area (Å²) in [7, 11) is -3.54. The second-order valence-electron chi connectivity index (χ2n) is 7.23. The van der Waals surface area contributed by atoms with Crippen LogP contribution in [0.25, 0.3) is 4.96 Å². The molecule has 1 fully saturated rings. The molecule has 3 aromatic rings. The van der Waals surface area contributed by atoms with E-state index in [4.69, 9.17) is 12.2 Å². The van der Waals surface area contributed by atoms with E-state index in [2.05, 4.69) is 10.3 Å². The topological polar surface area (TPSA) is 83.8 Å². The first kappa shape index (κ1) is 21.1. The second-order valence-corrected chi connectivity index (χ2v) is 10.4. The van der Waals surface area contributed by atoms with E-state index in [9.17, 15) is 13.2 Å². The molecule has 0 atom stereocenters. The van der Waals surface area contributed by atoms with Crippen LogP contribution >= 0.6 is 23.6 Å². The highest BCUT2D eigenvalue weighted by Gasteiger charge is 2.25. The van der Waals surface area contributed by atoms with E-state index in [1.807, 2.05) is 22.9 Å². The van der Waals surface area contributed by atoms with Crippen molar-refractivity contribution in [3.63, 3.8) is 0 Å². The van der Waals surface area contributed by atoms with Gasteiger partial charge in [0, 0.05) is 30.2 Å². The van der Waals surface area contributed by atoms with E-state index >= 15 is 0 Å². The summed E-state index contributed by atoms with van der Waals surface area (Å²) < 4.78 is 29.2. The van der Waals surface area contributed by atoms with Crippen molar-refractivity contribution >= 4 is 49.4 Å². The third kappa shape index (κ3) is 4.04. The van der Waals surface area contributed by atoms with Crippen molar-refractivity contribution in [1.29, 1.82) is 0 Å². The highest BCUT2D eigenvalue weighted by atomic mass is 32.2. The summed E-state index contributed by atoms with van der Waals surface area (Å²) in [5.74, 6) is -0.386. The normalized spacial score (nSPS) is 15.8. The van der Waals surface area contributed by atoms with Gasteiger partial charge in [-0.2, -0.15) is 4.31 Å². The third-order valence-electron chi connectivity index (χ3n) is 5.20. The number of carbonyl (C=O) groups excluding carboxylic acids is 1. The molecule has 0 bridgehead atoms. The van der Waals surface area contributed by atoms with Crippen LogP contribution in [-0.4, -0.2) is 46.1 Å². The fourth-order valence-corrected chi connectivity index (χ4v) is 6.23. The summed E-state index contributed by atoms with van der Waals surface area (Å²) in [6.45, 7) is 2.93. The number of nitrogens with zero attached hydrogens (tertiary/aromatic N) is 3. The van der Waals surface area contributed by atoms with E-state index in [0.29, 0.717) is 24.3 Å². The summed E-state index contributed by atoms with van der Waals surface area (Å²) in [5.41, 5.74) is 1.76. The number of sulfonamides is 1. The molecule has 0 spiro atoms. The minimum atomic E-state index is -3.54. The van der Waals surface area contributed by atoms with Gasteiger partial charge in [0.1, 0.15) is 10.7 Å². The number of carbonyl (C=O) groups is 1. The van der Waals surface area contributed by atoms with Gasteiger partial charge < -0.3 is 5.32 Å². The van der Waals surface area contributed by atoms with Gasteiger partial charge in [0.05, 0.1) is 10.6 Å². The van der Waals surface area contributed by atoms with E-state index in [1.54, 1.807) is 4.31 Å². The fourth-order valence-electron chi connectivity index (χ4n) is 3.61. The van der Waals surface area contributed by atoms with Crippen LogP contribution in [0.5, 0.6) is 0 Å². The second kappa shape index (κ2) is 8.54. The van der Waals surface area contributed by atoms with Gasteiger partial charge in [-0.05, 0) is 44.0 Å². The van der Waals surface area contributed by atoms with Crippen LogP contribution in [0.4, 0.5) is 0 Å². The predicted octanol–water partition coefficient (Wildman–Crippen LogP) is 3.37. The van der Waals surface area contributed by atoms with E-state index in [1.165, 1.54) is 35.6 Å². The summed E-state index contributed by atoms with van der Waals surface area (Å²) in [6.07, 6.45) is 5.72. The molecule has 0 saturated carbocycles. The molecule has 4 rings (SSSR count). The number of thiocarbonyl (C=S) groups is 1. The van der Waals surface area contributed by atoms with Crippen LogP contribution in [0.1, 0.15) is 47.4 Å². The smallest absolute Gasteiger partial charge is 0.256 e. The standard InChI is InChI=1S/C20H22N4O3S3/c1-14-17(24-12-13-29-20(24)21-14)19(28)22-18(25)15-6-8-16(9-7-15)30(26,27)23-10-4-2-3-5-11-23/h6-9,12-13H,2-5,10-11H2,1H3,(H,22,25,28). The molecule has 0 unspecified atom stereocenters. The van der Waals surface area contributed by atoms with Crippen LogP contribution in [0, 0.1) is 6.92 Å². The molecule has 0 aliphatic carbocycles. The maximum absolute atomic E-state index is 12.9. The van der Waals surface area contributed by atoms with Gasteiger partial charge in [-0.1, -0.05) is 25.1 Å². The van der Waals surface area contributed by atoms with Crippen LogP contribution in [0.15, 0.2) is 40.7 Å². The molecule has 10 heteroatoms. The number of aryl methyl sites for hydroxylation is 1. The molecular weight excluding hydrogens is 440 g/mol. The Hall–Kier alpha value is -2.14. The maximum Gasteiger partial charge on any atom is 0.256 e. The van der Waals surface area contributed by atoms with Crippen LogP contribution in [0.3, 0.4) is 0 Å². The lowest BCUT2D eigenvalue weighted by atomic mass is 10.2. The van der Waals surface area contributed by atoms with Gasteiger partial charge in [-0.15, -0.1) is 11.3 Å². The number of benzene rings is 1. The summed E-state index contributed by atoms with van der Waals surface area (Å²) in [6, 6.07) is 6.01.